The van der Waals surface area contributed by atoms with Crippen LogP contribution < -0.4 is 0 Å². The summed E-state index contributed by atoms with van der Waals surface area (Å²) in [5.74, 6) is 52.2. The summed E-state index contributed by atoms with van der Waals surface area (Å²) in [5, 5.41) is 0. The molecule has 139 heavy (non-hydrogen) atoms. The first kappa shape index (κ1) is 117. The molecule has 0 saturated heterocycles. The van der Waals surface area contributed by atoms with Gasteiger partial charge in [-0.2, -0.15) is 0 Å². The molecule has 0 aromatic heterocycles. The predicted octanol–water partition coefficient (Wildman–Crippen LogP) is 42.3. The first-order valence-corrected chi connectivity index (χ1v) is 63.5. The predicted molar refractivity (Wildman–Crippen MR) is 614 cm³/mol. The summed E-state index contributed by atoms with van der Waals surface area (Å²) in [6.45, 7) is 118. The van der Waals surface area contributed by atoms with E-state index < -0.39 is 0 Å². The van der Waals surface area contributed by atoms with Gasteiger partial charge in [0.25, 0.3) is 0 Å². The van der Waals surface area contributed by atoms with E-state index in [2.05, 4.69) is 357 Å². The van der Waals surface area contributed by atoms with Gasteiger partial charge in [-0.05, 0) is 523 Å². The van der Waals surface area contributed by atoms with Crippen LogP contribution in [0, 0.1) is 346 Å². The van der Waals surface area contributed by atoms with Crippen molar-refractivity contribution in [2.75, 3.05) is 0 Å². The van der Waals surface area contributed by atoms with E-state index in [1.807, 2.05) is 0 Å². The Morgan fingerprint density at radius 3 is 0.698 bits per heavy atom. The summed E-state index contributed by atoms with van der Waals surface area (Å²) in [7, 11) is 0. The second kappa shape index (κ2) is 45.2. The lowest BCUT2D eigenvalue weighted by molar-refractivity contribution is -0.156. The van der Waals surface area contributed by atoms with Crippen molar-refractivity contribution in [2.45, 2.75) is 498 Å². The maximum atomic E-state index is 2.58. The fourth-order valence-electron chi connectivity index (χ4n) is 45.5. The van der Waals surface area contributed by atoms with Crippen LogP contribution in [0.5, 0.6) is 0 Å². The van der Waals surface area contributed by atoms with Gasteiger partial charge in [0, 0.05) is 0 Å². The summed E-state index contributed by atoms with van der Waals surface area (Å²) < 4.78 is 0. The first-order valence-electron chi connectivity index (χ1n) is 63.5. The monoisotopic (exact) mass is 1920 g/mol. The van der Waals surface area contributed by atoms with E-state index in [4.69, 9.17) is 0 Å². The molecule has 25 rings (SSSR count). The Morgan fingerprint density at radius 2 is 0.453 bits per heavy atom. The molecule has 34 atom stereocenters. The van der Waals surface area contributed by atoms with Crippen LogP contribution in [-0.2, 0) is 0 Å². The zero-order chi connectivity index (χ0) is 104. The van der Waals surface area contributed by atoms with Crippen LogP contribution in [-0.4, -0.2) is 0 Å². The van der Waals surface area contributed by atoms with E-state index in [1.54, 1.807) is 49.7 Å². The molecule has 0 aliphatic heterocycles. The van der Waals surface area contributed by atoms with Gasteiger partial charge < -0.3 is 0 Å². The molecule has 0 amide bonds. The number of hydrogen-bond donors (Lipinski definition) is 0. The molecule has 1 aromatic rings. The van der Waals surface area contributed by atoms with Crippen molar-refractivity contribution < 1.29 is 0 Å². The molecule has 0 heterocycles. The van der Waals surface area contributed by atoms with Gasteiger partial charge in [0.15, 0.2) is 0 Å². The Morgan fingerprint density at radius 1 is 0.194 bits per heavy atom. The number of hydrogen-bond acceptors (Lipinski definition) is 0. The standard InChI is InChI=1S/C18H26.C17H30.2C16H30.3C15H28.C14H26.C13H24/c1-11(2)17-15-9-10-16(18(17)12(3)4)14-8-6-5-7-13(14)15;1-10(2)16-14-6-12-5-13(7-14)9-15(8-12)17(16)11(3)4;2*1-10(2)13-12-8-9-16(7,15(12,5)6)14(13)11(3)4;2*1-9(2)12-7-11-8-13(15(11,5)6)14(12)10(3)4;1-9(2)13-11-7-8-12(15(11,5)6)14(13)10(3)4;1-9(2)13-11-5-7-12(8-6-11)14(13)10(3)4;1-8(2)12-10-5-6-11(7-10)13(12)9(3)4/h5-8,11-12,15-18H,9-10H2,1-4H3;10-17H,5-9H2,1-4H3;2*10-14H,8-9H2,1-7H3;3*9-14H,7-8H2,1-6H3;9-14H,5-8H2,1-4H3;8-13H,5-7H2,1-4H3/t15?,16?,17-,18+;12?,13?,14?,15?,16-,17+;2*12?,13-,14-,16?;2*11?,12-,13?,14+;2*11?,12?,13-,14+;10?,11?,12-,13+/m..1011.../s1. The van der Waals surface area contributed by atoms with Crippen LogP contribution in [0.3, 0.4) is 0 Å². The highest BCUT2D eigenvalue weighted by molar-refractivity contribution is 5.40. The van der Waals surface area contributed by atoms with Crippen molar-refractivity contribution in [3.8, 4) is 0 Å². The van der Waals surface area contributed by atoms with E-state index in [0.717, 1.165) is 320 Å². The largest absolute Gasteiger partial charge is 0.0625 e. The normalized spacial score (nSPS) is 43.4. The molecule has 16 unspecified atom stereocenters. The van der Waals surface area contributed by atoms with Crippen LogP contribution >= 0.6 is 0 Å². The van der Waals surface area contributed by atoms with E-state index in [-0.39, 0.29) is 0 Å². The van der Waals surface area contributed by atoms with Crippen molar-refractivity contribution in [3.05, 3.63) is 35.4 Å². The van der Waals surface area contributed by atoms with Crippen molar-refractivity contribution >= 4 is 0 Å². The smallest absolute Gasteiger partial charge is 0.0125 e. The molecule has 806 valence electrons. The highest BCUT2D eigenvalue weighted by Crippen LogP contribution is 2.76. The molecular weight excluding hydrogens is 1670 g/mol. The molecule has 24 aliphatic carbocycles. The van der Waals surface area contributed by atoms with Gasteiger partial charge in [0.2, 0.25) is 0 Å². The number of benzene rings is 1. The Kier molecular flexibility index (Phi) is 38.0. The lowest BCUT2D eigenvalue weighted by Gasteiger charge is -2.64. The summed E-state index contributed by atoms with van der Waals surface area (Å²) in [6.07, 6.45) is 36.5. The quantitative estimate of drug-likeness (QED) is 0.137. The van der Waals surface area contributed by atoms with Crippen molar-refractivity contribution in [1.82, 2.24) is 0 Å². The molecule has 0 spiro atoms. The molecule has 0 radical (unpaired) electrons. The van der Waals surface area contributed by atoms with Crippen molar-refractivity contribution in [1.29, 1.82) is 0 Å². The topological polar surface area (TPSA) is 0 Å². The molecule has 20 bridgehead atoms. The van der Waals surface area contributed by atoms with Gasteiger partial charge in [0.05, 0.1) is 0 Å². The summed E-state index contributed by atoms with van der Waals surface area (Å²) in [4.78, 5) is 0. The number of fused-ring (bicyclic) bond motifs is 18. The van der Waals surface area contributed by atoms with Crippen LogP contribution in [0.2, 0.25) is 0 Å². The highest BCUT2D eigenvalue weighted by atomic mass is 14.7. The van der Waals surface area contributed by atoms with Gasteiger partial charge >= 0.3 is 0 Å². The Hall–Kier alpha value is -0.780. The van der Waals surface area contributed by atoms with Crippen LogP contribution in [0.25, 0.3) is 0 Å². The molecule has 22 fully saturated rings. The minimum atomic E-state index is 0.566. The second-order valence-electron chi connectivity index (χ2n) is 65.1. The van der Waals surface area contributed by atoms with Gasteiger partial charge in [0.1, 0.15) is 0 Å². The molecule has 1 aromatic carbocycles. The van der Waals surface area contributed by atoms with E-state index >= 15 is 0 Å². The Labute approximate surface area is 873 Å². The fraction of sp³-hybridized carbons (Fsp3) is 0.957. The molecule has 22 saturated carbocycles. The zero-order valence-electron chi connectivity index (χ0n) is 103. The second-order valence-corrected chi connectivity index (χ2v) is 65.1. The van der Waals surface area contributed by atoms with Crippen LogP contribution in [0.15, 0.2) is 24.3 Å². The van der Waals surface area contributed by atoms with E-state index in [1.165, 1.54) is 116 Å². The third kappa shape index (κ3) is 22.1. The lowest BCUT2D eigenvalue weighted by Crippen LogP contribution is -2.57. The third-order valence-corrected chi connectivity index (χ3v) is 51.2. The molecular formula is C139H250. The maximum absolute atomic E-state index is 2.58. The van der Waals surface area contributed by atoms with Crippen LogP contribution in [0.4, 0.5) is 0 Å². The molecule has 0 N–H and O–H groups in total. The molecule has 0 heteroatoms. The van der Waals surface area contributed by atoms with Crippen LogP contribution in [0.1, 0.15) is 509 Å². The van der Waals surface area contributed by atoms with Gasteiger partial charge in [-0.15, -0.1) is 0 Å². The SMILES string of the molecule is CC(C)[C@@H]1C2CC(C[C@@H]1C(C)C)C2(C)C.CC(C)[C@@H]1C2CC(C[C@@H]1C(C)C)C2(C)C.CC(C)[C@@H]1C2CC3CC(C2)CC(C3)[C@@H]1C(C)C.CC(C)[C@@H]1C2CCC(C)([C@@H]1C(C)C)C2(C)C.CC(C)[C@@H]1C2CCC(C2)[C@@H]1C(C)C.CC(C)[C@@H]1C2CCC(CC2)[C@@H]1C(C)C.CC(C)[C@@H]1C2CCC([C@@H]1C(C)C)C2(C)C.CC(C)[C@@H]1C2CCC(c3ccccc32)[C@@H]1C(C)C.CC(C)[C@H]1C2CCC(C)([C@H]1C(C)C)C2(C)C. The fourth-order valence-corrected chi connectivity index (χ4v) is 45.5. The minimum absolute atomic E-state index is 0.566. The van der Waals surface area contributed by atoms with Crippen molar-refractivity contribution in [2.24, 2.45) is 346 Å². The highest BCUT2D eigenvalue weighted by Gasteiger charge is 2.70. The first-order chi connectivity index (χ1) is 64.4. The van der Waals surface area contributed by atoms with Gasteiger partial charge in [-0.1, -0.05) is 357 Å². The Balaban J connectivity index is 0.000000140. The lowest BCUT2D eigenvalue weighted by atomic mass is 9.41. The minimum Gasteiger partial charge on any atom is -0.0625 e. The van der Waals surface area contributed by atoms with E-state index in [0.29, 0.717) is 37.9 Å². The average Bonchev–Trinajstić information content (AvgIpc) is 1.52. The summed E-state index contributed by atoms with van der Waals surface area (Å²) in [6, 6.07) is 9.28. The van der Waals surface area contributed by atoms with E-state index in [9.17, 15) is 0 Å². The van der Waals surface area contributed by atoms with Gasteiger partial charge in [-0.25, -0.2) is 0 Å². The Bertz CT molecular complexity index is 3630. The summed E-state index contributed by atoms with van der Waals surface area (Å²) in [5.41, 5.74) is 7.63. The average molecular weight is 1920 g/mol. The van der Waals surface area contributed by atoms with Gasteiger partial charge in [-0.3, -0.25) is 0 Å². The van der Waals surface area contributed by atoms with Crippen molar-refractivity contribution in [3.63, 3.8) is 0 Å². The molecule has 0 nitrogen and oxygen atoms in total. The third-order valence-electron chi connectivity index (χ3n) is 51.2. The summed E-state index contributed by atoms with van der Waals surface area (Å²) >= 11 is 0. The maximum Gasteiger partial charge on any atom is -0.0125 e. The zero-order valence-corrected chi connectivity index (χ0v) is 103. The number of rotatable bonds is 18. The molecule has 24 aliphatic rings.